The zero-order valence-electron chi connectivity index (χ0n) is 15.9. The topological polar surface area (TPSA) is 35.6 Å². The van der Waals surface area contributed by atoms with Crippen molar-refractivity contribution in [2.75, 3.05) is 36.4 Å². The monoisotopic (exact) mass is 361 g/mol. The van der Waals surface area contributed by atoms with Gasteiger partial charge in [-0.25, -0.2) is 0 Å². The number of benzene rings is 2. The van der Waals surface area contributed by atoms with Crippen molar-refractivity contribution in [1.82, 2.24) is 4.90 Å². The lowest BCUT2D eigenvalue weighted by molar-refractivity contribution is -0.116. The molecule has 0 unspecified atom stereocenters. The molecule has 1 fully saturated rings. The summed E-state index contributed by atoms with van der Waals surface area (Å²) in [6.45, 7) is 6.39. The summed E-state index contributed by atoms with van der Waals surface area (Å²) in [5.74, 6) is 0.125. The van der Waals surface area contributed by atoms with Gasteiger partial charge >= 0.3 is 0 Å². The van der Waals surface area contributed by atoms with Crippen LogP contribution < -0.4 is 10.2 Å². The second kappa shape index (κ2) is 7.87. The van der Waals surface area contributed by atoms with Crippen LogP contribution in [0.15, 0.2) is 54.7 Å². The Morgan fingerprint density at radius 3 is 2.70 bits per heavy atom. The third-order valence-electron chi connectivity index (χ3n) is 5.42. The first-order chi connectivity index (χ1) is 13.2. The van der Waals surface area contributed by atoms with Crippen LogP contribution >= 0.6 is 0 Å². The Balaban J connectivity index is 1.29. The quantitative estimate of drug-likeness (QED) is 0.901. The first-order valence-corrected chi connectivity index (χ1v) is 9.81. The van der Waals surface area contributed by atoms with Crippen LogP contribution in [0.4, 0.5) is 11.4 Å². The standard InChI is InChI=1S/C23H27N3O/c1-18-4-2-6-21(16-18)26-14-12-25(13-15-26)11-3-5-19-7-9-22-20(17-19)8-10-23(27)24-22/h2-4,6-7,9,11,16-17H,5,8,10,12-15H2,1H3,(H,24,27). The number of allylic oxidation sites excluding steroid dienone is 1. The summed E-state index contributed by atoms with van der Waals surface area (Å²) in [5.41, 5.74) is 6.19. The van der Waals surface area contributed by atoms with E-state index in [0.29, 0.717) is 6.42 Å². The third-order valence-corrected chi connectivity index (χ3v) is 5.42. The number of nitrogens with zero attached hydrogens (tertiary/aromatic N) is 2. The van der Waals surface area contributed by atoms with Crippen LogP contribution in [-0.2, 0) is 17.6 Å². The van der Waals surface area contributed by atoms with Gasteiger partial charge in [0.2, 0.25) is 5.91 Å². The van der Waals surface area contributed by atoms with Gasteiger partial charge in [-0.15, -0.1) is 0 Å². The SMILES string of the molecule is Cc1cccc(N2CCN(C=CCc3ccc4c(c3)CCC(=O)N4)CC2)c1. The van der Waals surface area contributed by atoms with Crippen LogP contribution in [0.25, 0.3) is 0 Å². The number of carbonyl (C=O) groups is 1. The predicted octanol–water partition coefficient (Wildman–Crippen LogP) is 3.76. The van der Waals surface area contributed by atoms with Crippen LogP contribution in [0.3, 0.4) is 0 Å². The molecule has 1 amide bonds. The summed E-state index contributed by atoms with van der Waals surface area (Å²) in [6.07, 6.45) is 6.87. The van der Waals surface area contributed by atoms with Crippen molar-refractivity contribution in [3.63, 3.8) is 0 Å². The van der Waals surface area contributed by atoms with E-state index in [1.807, 2.05) is 6.07 Å². The van der Waals surface area contributed by atoms with E-state index in [-0.39, 0.29) is 5.91 Å². The van der Waals surface area contributed by atoms with Crippen LogP contribution in [0.5, 0.6) is 0 Å². The molecule has 0 atom stereocenters. The molecule has 4 nitrogen and oxygen atoms in total. The van der Waals surface area contributed by atoms with Crippen LogP contribution in [0.2, 0.25) is 0 Å². The zero-order valence-corrected chi connectivity index (χ0v) is 15.9. The molecule has 27 heavy (non-hydrogen) atoms. The number of fused-ring (bicyclic) bond motifs is 1. The van der Waals surface area contributed by atoms with Crippen molar-refractivity contribution in [2.45, 2.75) is 26.2 Å². The van der Waals surface area contributed by atoms with E-state index >= 15 is 0 Å². The van der Waals surface area contributed by atoms with Gasteiger partial charge in [0.05, 0.1) is 0 Å². The predicted molar refractivity (Wildman–Crippen MR) is 111 cm³/mol. The molecule has 2 aromatic carbocycles. The Bertz CT molecular complexity index is 850. The summed E-state index contributed by atoms with van der Waals surface area (Å²) in [7, 11) is 0. The molecule has 140 valence electrons. The summed E-state index contributed by atoms with van der Waals surface area (Å²) in [5, 5.41) is 2.95. The molecule has 0 spiro atoms. The van der Waals surface area contributed by atoms with Crippen molar-refractivity contribution >= 4 is 17.3 Å². The minimum absolute atomic E-state index is 0.125. The Kier molecular flexibility index (Phi) is 5.14. The number of hydrogen-bond acceptors (Lipinski definition) is 3. The summed E-state index contributed by atoms with van der Waals surface area (Å²) in [6, 6.07) is 15.1. The third kappa shape index (κ3) is 4.33. The van der Waals surface area contributed by atoms with E-state index < -0.39 is 0 Å². The highest BCUT2D eigenvalue weighted by Gasteiger charge is 2.16. The minimum atomic E-state index is 0.125. The zero-order chi connectivity index (χ0) is 18.6. The first kappa shape index (κ1) is 17.7. The Morgan fingerprint density at radius 2 is 1.89 bits per heavy atom. The Labute approximate surface area is 161 Å². The van der Waals surface area contributed by atoms with Crippen LogP contribution in [0, 0.1) is 6.92 Å². The molecule has 2 aliphatic heterocycles. The maximum atomic E-state index is 11.5. The highest BCUT2D eigenvalue weighted by molar-refractivity contribution is 5.93. The second-order valence-corrected chi connectivity index (χ2v) is 7.49. The van der Waals surface area contributed by atoms with E-state index in [2.05, 4.69) is 70.7 Å². The number of amides is 1. The van der Waals surface area contributed by atoms with Gasteiger partial charge in [-0.05, 0) is 60.9 Å². The molecule has 4 rings (SSSR count). The van der Waals surface area contributed by atoms with Crippen molar-refractivity contribution in [3.05, 3.63) is 71.4 Å². The van der Waals surface area contributed by atoms with Gasteiger partial charge in [-0.1, -0.05) is 30.3 Å². The lowest BCUT2D eigenvalue weighted by Gasteiger charge is -2.35. The van der Waals surface area contributed by atoms with Gasteiger partial charge in [0.15, 0.2) is 0 Å². The Hall–Kier alpha value is -2.75. The van der Waals surface area contributed by atoms with Crippen molar-refractivity contribution < 1.29 is 4.79 Å². The molecule has 0 aliphatic carbocycles. The number of rotatable bonds is 4. The van der Waals surface area contributed by atoms with E-state index in [1.54, 1.807) is 0 Å². The lowest BCUT2D eigenvalue weighted by Crippen LogP contribution is -2.44. The smallest absolute Gasteiger partial charge is 0.224 e. The van der Waals surface area contributed by atoms with Gasteiger partial charge in [0, 0.05) is 44.0 Å². The van der Waals surface area contributed by atoms with Gasteiger partial charge in [-0.3, -0.25) is 4.79 Å². The summed E-state index contributed by atoms with van der Waals surface area (Å²) < 4.78 is 0. The van der Waals surface area contributed by atoms with Gasteiger partial charge < -0.3 is 15.1 Å². The normalized spacial score (nSPS) is 17.1. The Morgan fingerprint density at radius 1 is 1.04 bits per heavy atom. The van der Waals surface area contributed by atoms with Gasteiger partial charge in [0.1, 0.15) is 0 Å². The molecule has 2 heterocycles. The highest BCUT2D eigenvalue weighted by atomic mass is 16.1. The molecule has 0 bridgehead atoms. The maximum Gasteiger partial charge on any atom is 0.224 e. The fourth-order valence-electron chi connectivity index (χ4n) is 3.86. The minimum Gasteiger partial charge on any atom is -0.374 e. The van der Waals surface area contributed by atoms with E-state index in [9.17, 15) is 4.79 Å². The van der Waals surface area contributed by atoms with Crippen LogP contribution in [0.1, 0.15) is 23.1 Å². The molecule has 2 aliphatic rings. The number of carbonyl (C=O) groups excluding carboxylic acids is 1. The van der Waals surface area contributed by atoms with E-state index in [1.165, 1.54) is 22.4 Å². The molecule has 4 heteroatoms. The average molecular weight is 361 g/mol. The van der Waals surface area contributed by atoms with E-state index in [4.69, 9.17) is 0 Å². The van der Waals surface area contributed by atoms with Crippen molar-refractivity contribution in [2.24, 2.45) is 0 Å². The molecule has 0 radical (unpaired) electrons. The van der Waals surface area contributed by atoms with Crippen molar-refractivity contribution in [3.8, 4) is 0 Å². The van der Waals surface area contributed by atoms with Crippen LogP contribution in [-0.4, -0.2) is 37.0 Å². The molecule has 1 N–H and O–H groups in total. The fourth-order valence-corrected chi connectivity index (χ4v) is 3.86. The molecular formula is C23H27N3O. The number of piperazine rings is 1. The molecule has 1 saturated heterocycles. The summed E-state index contributed by atoms with van der Waals surface area (Å²) >= 11 is 0. The number of anilines is 2. The average Bonchev–Trinajstić information content (AvgIpc) is 2.68. The van der Waals surface area contributed by atoms with Gasteiger partial charge in [-0.2, -0.15) is 0 Å². The van der Waals surface area contributed by atoms with E-state index in [0.717, 1.165) is 44.7 Å². The number of hydrogen-bond donors (Lipinski definition) is 1. The largest absolute Gasteiger partial charge is 0.374 e. The number of nitrogens with one attached hydrogen (secondary N) is 1. The molecule has 0 saturated carbocycles. The fraction of sp³-hybridized carbons (Fsp3) is 0.348. The molecule has 2 aromatic rings. The summed E-state index contributed by atoms with van der Waals surface area (Å²) in [4.78, 5) is 16.3. The molecule has 0 aromatic heterocycles. The molecular weight excluding hydrogens is 334 g/mol. The highest BCUT2D eigenvalue weighted by Crippen LogP contribution is 2.24. The lowest BCUT2D eigenvalue weighted by atomic mass is 9.99. The second-order valence-electron chi connectivity index (χ2n) is 7.49. The first-order valence-electron chi connectivity index (χ1n) is 9.81. The van der Waals surface area contributed by atoms with Gasteiger partial charge in [0.25, 0.3) is 0 Å². The maximum absolute atomic E-state index is 11.5. The van der Waals surface area contributed by atoms with Crippen molar-refractivity contribution in [1.29, 1.82) is 0 Å². The number of aryl methyl sites for hydroxylation is 2.